The van der Waals surface area contributed by atoms with Gasteiger partial charge in [0.25, 0.3) is 0 Å². The molecule has 0 spiro atoms. The van der Waals surface area contributed by atoms with Crippen LogP contribution in [0.5, 0.6) is 0 Å². The Kier molecular flexibility index (Phi) is 6.73. The van der Waals surface area contributed by atoms with Gasteiger partial charge in [-0.15, -0.1) is 0 Å². The van der Waals surface area contributed by atoms with Crippen LogP contribution in [-0.4, -0.2) is 67.7 Å². The van der Waals surface area contributed by atoms with Gasteiger partial charge < -0.3 is 15.0 Å². The van der Waals surface area contributed by atoms with E-state index in [1.807, 2.05) is 4.90 Å². The summed E-state index contributed by atoms with van der Waals surface area (Å²) in [5.41, 5.74) is 0.0222. The molecule has 0 radical (unpaired) electrons. The molecular formula is C19H26F3N3O2. The molecule has 2 heterocycles. The SMILES string of the molecule is O=C(CNCC1CCCO1)N1CCN(Cc2cccc(C(F)(F)F)c2)CC1. The summed E-state index contributed by atoms with van der Waals surface area (Å²) in [5.74, 6) is 0.0618. The zero-order valence-electron chi connectivity index (χ0n) is 15.3. The minimum atomic E-state index is -4.32. The van der Waals surface area contributed by atoms with Crippen molar-refractivity contribution in [2.75, 3.05) is 45.9 Å². The van der Waals surface area contributed by atoms with E-state index in [4.69, 9.17) is 4.74 Å². The predicted octanol–water partition coefficient (Wildman–Crippen LogP) is 2.12. The Hall–Kier alpha value is -1.64. The largest absolute Gasteiger partial charge is 0.416 e. The van der Waals surface area contributed by atoms with Crippen molar-refractivity contribution >= 4 is 5.91 Å². The van der Waals surface area contributed by atoms with Crippen LogP contribution in [0.3, 0.4) is 0 Å². The van der Waals surface area contributed by atoms with Gasteiger partial charge in [-0.3, -0.25) is 9.69 Å². The summed E-state index contributed by atoms with van der Waals surface area (Å²) in [6, 6.07) is 5.44. The topological polar surface area (TPSA) is 44.8 Å². The molecule has 1 unspecified atom stereocenters. The number of benzene rings is 1. The molecule has 27 heavy (non-hydrogen) atoms. The highest BCUT2D eigenvalue weighted by molar-refractivity contribution is 5.78. The summed E-state index contributed by atoms with van der Waals surface area (Å²) in [7, 11) is 0. The minimum absolute atomic E-state index is 0.0618. The van der Waals surface area contributed by atoms with E-state index in [0.29, 0.717) is 51.4 Å². The summed E-state index contributed by atoms with van der Waals surface area (Å²) in [6.07, 6.45) is -2.00. The van der Waals surface area contributed by atoms with Crippen LogP contribution in [0.25, 0.3) is 0 Å². The molecule has 1 N–H and O–H groups in total. The molecule has 1 aromatic rings. The number of alkyl halides is 3. The standard InChI is InChI=1S/C19H26F3N3O2/c20-19(21,22)16-4-1-3-15(11-16)14-24-6-8-25(9-7-24)18(26)13-23-12-17-5-2-10-27-17/h1,3-4,11,17,23H,2,5-10,12-14H2. The molecule has 0 bridgehead atoms. The average molecular weight is 385 g/mol. The quantitative estimate of drug-likeness (QED) is 0.815. The van der Waals surface area contributed by atoms with Crippen LogP contribution in [-0.2, 0) is 22.3 Å². The highest BCUT2D eigenvalue weighted by Gasteiger charge is 2.30. The second kappa shape index (κ2) is 9.03. The average Bonchev–Trinajstić information content (AvgIpc) is 3.15. The zero-order valence-corrected chi connectivity index (χ0v) is 15.3. The van der Waals surface area contributed by atoms with Crippen molar-refractivity contribution in [3.8, 4) is 0 Å². The van der Waals surface area contributed by atoms with Crippen LogP contribution >= 0.6 is 0 Å². The van der Waals surface area contributed by atoms with E-state index in [2.05, 4.69) is 10.2 Å². The van der Waals surface area contributed by atoms with E-state index in [1.165, 1.54) is 12.1 Å². The molecule has 1 atom stereocenters. The minimum Gasteiger partial charge on any atom is -0.377 e. The van der Waals surface area contributed by atoms with Crippen molar-refractivity contribution in [3.05, 3.63) is 35.4 Å². The second-order valence-electron chi connectivity index (χ2n) is 7.12. The summed E-state index contributed by atoms with van der Waals surface area (Å²) in [4.78, 5) is 16.2. The number of hydrogen-bond donors (Lipinski definition) is 1. The molecular weight excluding hydrogens is 359 g/mol. The zero-order chi connectivity index (χ0) is 19.3. The maximum atomic E-state index is 12.8. The van der Waals surface area contributed by atoms with E-state index in [-0.39, 0.29) is 12.0 Å². The van der Waals surface area contributed by atoms with Crippen LogP contribution < -0.4 is 5.32 Å². The smallest absolute Gasteiger partial charge is 0.377 e. The number of amides is 1. The lowest BCUT2D eigenvalue weighted by Gasteiger charge is -2.35. The van der Waals surface area contributed by atoms with Crippen LogP contribution in [0.15, 0.2) is 24.3 Å². The van der Waals surface area contributed by atoms with Crippen molar-refractivity contribution in [1.82, 2.24) is 15.1 Å². The van der Waals surface area contributed by atoms with E-state index < -0.39 is 11.7 Å². The molecule has 150 valence electrons. The lowest BCUT2D eigenvalue weighted by Crippen LogP contribution is -2.50. The first-order valence-electron chi connectivity index (χ1n) is 9.40. The molecule has 0 saturated carbocycles. The lowest BCUT2D eigenvalue weighted by atomic mass is 10.1. The number of rotatable bonds is 6. The van der Waals surface area contributed by atoms with Gasteiger partial charge in [-0.1, -0.05) is 18.2 Å². The Morgan fingerprint density at radius 3 is 2.67 bits per heavy atom. The Morgan fingerprint density at radius 2 is 2.00 bits per heavy atom. The lowest BCUT2D eigenvalue weighted by molar-refractivity contribution is -0.137. The number of hydrogen-bond acceptors (Lipinski definition) is 4. The summed E-state index contributed by atoms with van der Waals surface area (Å²) < 4.78 is 44.0. The Bertz CT molecular complexity index is 625. The molecule has 0 aliphatic carbocycles. The van der Waals surface area contributed by atoms with Crippen LogP contribution in [0.4, 0.5) is 13.2 Å². The molecule has 2 aliphatic rings. The van der Waals surface area contributed by atoms with Gasteiger partial charge in [0.1, 0.15) is 0 Å². The van der Waals surface area contributed by atoms with Gasteiger partial charge in [0, 0.05) is 45.9 Å². The van der Waals surface area contributed by atoms with Crippen LogP contribution in [0, 0.1) is 0 Å². The summed E-state index contributed by atoms with van der Waals surface area (Å²) >= 11 is 0. The molecule has 2 saturated heterocycles. The fraction of sp³-hybridized carbons (Fsp3) is 0.632. The molecule has 2 aliphatic heterocycles. The highest BCUT2D eigenvalue weighted by atomic mass is 19.4. The number of nitrogens with one attached hydrogen (secondary N) is 1. The van der Waals surface area contributed by atoms with Gasteiger partial charge in [-0.25, -0.2) is 0 Å². The monoisotopic (exact) mass is 385 g/mol. The third-order valence-electron chi connectivity index (χ3n) is 5.06. The van der Waals surface area contributed by atoms with Crippen molar-refractivity contribution in [2.45, 2.75) is 31.7 Å². The number of carbonyl (C=O) groups excluding carboxylic acids is 1. The summed E-state index contributed by atoms with van der Waals surface area (Å²) in [5, 5.41) is 3.16. The van der Waals surface area contributed by atoms with Crippen molar-refractivity contribution < 1.29 is 22.7 Å². The first-order valence-corrected chi connectivity index (χ1v) is 9.40. The Balaban J connectivity index is 1.40. The third kappa shape index (κ3) is 5.92. The Morgan fingerprint density at radius 1 is 1.22 bits per heavy atom. The van der Waals surface area contributed by atoms with Gasteiger partial charge in [-0.2, -0.15) is 13.2 Å². The number of carbonyl (C=O) groups is 1. The number of nitrogens with zero attached hydrogens (tertiary/aromatic N) is 2. The number of halogens is 3. The summed E-state index contributed by atoms with van der Waals surface area (Å²) in [6.45, 7) is 4.77. The molecule has 1 aromatic carbocycles. The number of ether oxygens (including phenoxy) is 1. The van der Waals surface area contributed by atoms with Gasteiger partial charge >= 0.3 is 6.18 Å². The van der Waals surface area contributed by atoms with Crippen molar-refractivity contribution in [2.24, 2.45) is 0 Å². The maximum absolute atomic E-state index is 12.8. The van der Waals surface area contributed by atoms with Crippen molar-refractivity contribution in [3.63, 3.8) is 0 Å². The fourth-order valence-corrected chi connectivity index (χ4v) is 3.52. The van der Waals surface area contributed by atoms with Crippen LogP contribution in [0.1, 0.15) is 24.0 Å². The van der Waals surface area contributed by atoms with E-state index in [1.54, 1.807) is 6.07 Å². The van der Waals surface area contributed by atoms with Gasteiger partial charge in [0.2, 0.25) is 5.91 Å². The Labute approximate surface area is 157 Å². The van der Waals surface area contributed by atoms with E-state index >= 15 is 0 Å². The van der Waals surface area contributed by atoms with Crippen LogP contribution in [0.2, 0.25) is 0 Å². The normalized spacial score (nSPS) is 21.6. The molecule has 5 nitrogen and oxygen atoms in total. The molecule has 8 heteroatoms. The van der Waals surface area contributed by atoms with Crippen molar-refractivity contribution in [1.29, 1.82) is 0 Å². The number of piperazine rings is 1. The van der Waals surface area contributed by atoms with E-state index in [0.717, 1.165) is 25.5 Å². The fourth-order valence-electron chi connectivity index (χ4n) is 3.52. The second-order valence-corrected chi connectivity index (χ2v) is 7.12. The molecule has 2 fully saturated rings. The van der Waals surface area contributed by atoms with Gasteiger partial charge in [-0.05, 0) is 24.5 Å². The van der Waals surface area contributed by atoms with Gasteiger partial charge in [0.05, 0.1) is 18.2 Å². The molecule has 0 aromatic heterocycles. The molecule has 1 amide bonds. The van der Waals surface area contributed by atoms with Gasteiger partial charge in [0.15, 0.2) is 0 Å². The third-order valence-corrected chi connectivity index (χ3v) is 5.06. The first-order chi connectivity index (χ1) is 12.9. The molecule has 3 rings (SSSR count). The maximum Gasteiger partial charge on any atom is 0.416 e. The van der Waals surface area contributed by atoms with E-state index in [9.17, 15) is 18.0 Å². The highest BCUT2D eigenvalue weighted by Crippen LogP contribution is 2.29. The first kappa shape index (κ1) is 20.1. The predicted molar refractivity (Wildman–Crippen MR) is 95.1 cm³/mol.